The predicted octanol–water partition coefficient (Wildman–Crippen LogP) is 5.27. The van der Waals surface area contributed by atoms with Crippen LogP contribution in [-0.2, 0) is 9.59 Å². The second kappa shape index (κ2) is 7.57. The molecule has 0 unspecified atom stereocenters. The number of hydrogen-bond donors (Lipinski definition) is 1. The van der Waals surface area contributed by atoms with Gasteiger partial charge in [0.25, 0.3) is 11.7 Å². The number of rotatable bonds is 3. The molecule has 4 rings (SSSR count). The average Bonchev–Trinajstić information content (AvgIpc) is 3.00. The molecule has 0 saturated carbocycles. The number of hydrogen-bond acceptors (Lipinski definition) is 3. The van der Waals surface area contributed by atoms with Crippen LogP contribution in [0.1, 0.15) is 22.7 Å². The summed E-state index contributed by atoms with van der Waals surface area (Å²) in [6.07, 6.45) is 0. The van der Waals surface area contributed by atoms with Crippen LogP contribution in [0.5, 0.6) is 0 Å². The first kappa shape index (κ1) is 19.0. The van der Waals surface area contributed by atoms with Gasteiger partial charge in [0.1, 0.15) is 5.76 Å². The quantitative estimate of drug-likeness (QED) is 0.368. The van der Waals surface area contributed by atoms with E-state index >= 15 is 0 Å². The fourth-order valence-electron chi connectivity index (χ4n) is 3.51. The number of carbonyl (C=O) groups excluding carboxylic acids is 2. The Morgan fingerprint density at radius 3 is 2.14 bits per heavy atom. The number of aliphatic hydroxyl groups is 1. The fraction of sp³-hybridized carbons (Fsp3) is 0.0833. The Balaban J connectivity index is 1.94. The Bertz CT molecular complexity index is 1100. The number of Topliss-reactive ketones (excluding diaryl/α,β-unsaturated/α-hetero) is 1. The summed E-state index contributed by atoms with van der Waals surface area (Å²) in [5.74, 6) is -1.60. The monoisotopic (exact) mass is 403 g/mol. The molecule has 1 N–H and O–H groups in total. The molecule has 1 fully saturated rings. The van der Waals surface area contributed by atoms with Gasteiger partial charge in [0.05, 0.1) is 11.6 Å². The lowest BCUT2D eigenvalue weighted by Crippen LogP contribution is -2.29. The first-order valence-electron chi connectivity index (χ1n) is 9.16. The SMILES string of the molecule is Cc1ccc([C@H]2C(=C(O)c3ccc(Cl)cc3)C(=O)C(=O)N2c2ccccc2)cc1. The zero-order valence-corrected chi connectivity index (χ0v) is 16.4. The van der Waals surface area contributed by atoms with E-state index in [9.17, 15) is 14.7 Å². The summed E-state index contributed by atoms with van der Waals surface area (Å²) in [5, 5.41) is 11.5. The Hall–Kier alpha value is -3.37. The normalized spacial score (nSPS) is 18.3. The number of anilines is 1. The van der Waals surface area contributed by atoms with Crippen molar-refractivity contribution in [3.63, 3.8) is 0 Å². The molecule has 1 aliphatic rings. The van der Waals surface area contributed by atoms with Crippen molar-refractivity contribution in [3.8, 4) is 0 Å². The van der Waals surface area contributed by atoms with Crippen molar-refractivity contribution < 1.29 is 14.7 Å². The standard InChI is InChI=1S/C24H18ClNO3/c1-15-7-9-16(10-8-15)21-20(22(27)17-11-13-18(25)14-12-17)23(28)24(29)26(21)19-5-3-2-4-6-19/h2-14,21,27H,1H3/t21-/m0/s1. The number of benzene rings is 3. The van der Waals surface area contributed by atoms with E-state index in [-0.39, 0.29) is 11.3 Å². The molecule has 0 aromatic heterocycles. The molecular formula is C24H18ClNO3. The molecule has 3 aromatic rings. The number of carbonyl (C=O) groups is 2. The molecule has 4 nitrogen and oxygen atoms in total. The van der Waals surface area contributed by atoms with Crippen LogP contribution < -0.4 is 4.90 Å². The van der Waals surface area contributed by atoms with Gasteiger partial charge in [-0.1, -0.05) is 59.6 Å². The number of nitrogens with zero attached hydrogens (tertiary/aromatic N) is 1. The molecule has 1 heterocycles. The molecule has 1 atom stereocenters. The van der Waals surface area contributed by atoms with E-state index in [1.54, 1.807) is 48.5 Å². The van der Waals surface area contributed by atoms with Crippen molar-refractivity contribution in [1.82, 2.24) is 0 Å². The second-order valence-corrected chi connectivity index (χ2v) is 7.36. The molecule has 0 radical (unpaired) electrons. The topological polar surface area (TPSA) is 57.6 Å². The molecule has 1 saturated heterocycles. The van der Waals surface area contributed by atoms with Gasteiger partial charge in [-0.2, -0.15) is 0 Å². The molecule has 29 heavy (non-hydrogen) atoms. The number of halogens is 1. The van der Waals surface area contributed by atoms with E-state index in [0.29, 0.717) is 16.3 Å². The molecule has 1 amide bonds. The van der Waals surface area contributed by atoms with E-state index in [4.69, 9.17) is 11.6 Å². The number of aryl methyl sites for hydroxylation is 1. The minimum absolute atomic E-state index is 0.0602. The van der Waals surface area contributed by atoms with Gasteiger partial charge >= 0.3 is 0 Å². The van der Waals surface area contributed by atoms with Crippen LogP contribution in [0, 0.1) is 6.92 Å². The first-order valence-corrected chi connectivity index (χ1v) is 9.53. The predicted molar refractivity (Wildman–Crippen MR) is 114 cm³/mol. The Morgan fingerprint density at radius 2 is 1.52 bits per heavy atom. The molecule has 0 spiro atoms. The Labute approximate surface area is 173 Å². The van der Waals surface area contributed by atoms with Crippen LogP contribution in [0.3, 0.4) is 0 Å². The zero-order chi connectivity index (χ0) is 20.5. The van der Waals surface area contributed by atoms with E-state index < -0.39 is 17.7 Å². The summed E-state index contributed by atoms with van der Waals surface area (Å²) in [4.78, 5) is 27.4. The molecule has 3 aromatic carbocycles. The summed E-state index contributed by atoms with van der Waals surface area (Å²) in [6, 6.07) is 22.4. The van der Waals surface area contributed by atoms with Gasteiger partial charge < -0.3 is 5.11 Å². The van der Waals surface area contributed by atoms with Crippen molar-refractivity contribution in [2.75, 3.05) is 4.90 Å². The van der Waals surface area contributed by atoms with Gasteiger partial charge in [-0.3, -0.25) is 14.5 Å². The van der Waals surface area contributed by atoms with Crippen LogP contribution in [0.15, 0.2) is 84.4 Å². The van der Waals surface area contributed by atoms with Gasteiger partial charge in [-0.05, 0) is 48.9 Å². The van der Waals surface area contributed by atoms with Crippen LogP contribution >= 0.6 is 11.6 Å². The number of ketones is 1. The van der Waals surface area contributed by atoms with Crippen molar-refractivity contribution in [3.05, 3.63) is 106 Å². The highest BCUT2D eigenvalue weighted by molar-refractivity contribution is 6.51. The second-order valence-electron chi connectivity index (χ2n) is 6.92. The molecule has 144 valence electrons. The smallest absolute Gasteiger partial charge is 0.300 e. The molecule has 5 heteroatoms. The van der Waals surface area contributed by atoms with Crippen molar-refractivity contribution in [2.45, 2.75) is 13.0 Å². The van der Waals surface area contributed by atoms with Gasteiger partial charge in [0, 0.05) is 16.3 Å². The maximum absolute atomic E-state index is 13.0. The van der Waals surface area contributed by atoms with Gasteiger partial charge in [0.15, 0.2) is 0 Å². The highest BCUT2D eigenvalue weighted by Gasteiger charge is 2.46. The third-order valence-electron chi connectivity index (χ3n) is 4.99. The summed E-state index contributed by atoms with van der Waals surface area (Å²) < 4.78 is 0. The van der Waals surface area contributed by atoms with Crippen molar-refractivity contribution in [2.24, 2.45) is 0 Å². The van der Waals surface area contributed by atoms with Gasteiger partial charge in [0.2, 0.25) is 0 Å². The number of aliphatic hydroxyl groups excluding tert-OH is 1. The summed E-state index contributed by atoms with van der Waals surface area (Å²) in [5.41, 5.74) is 2.88. The molecule has 0 bridgehead atoms. The highest BCUT2D eigenvalue weighted by Crippen LogP contribution is 2.42. The lowest BCUT2D eigenvalue weighted by molar-refractivity contribution is -0.132. The number of amides is 1. The molecule has 1 aliphatic heterocycles. The largest absolute Gasteiger partial charge is 0.507 e. The van der Waals surface area contributed by atoms with Crippen molar-refractivity contribution in [1.29, 1.82) is 0 Å². The molecular weight excluding hydrogens is 386 g/mol. The lowest BCUT2D eigenvalue weighted by atomic mass is 9.94. The van der Waals surface area contributed by atoms with E-state index in [1.165, 1.54) is 4.90 Å². The minimum atomic E-state index is -0.728. The van der Waals surface area contributed by atoms with E-state index in [0.717, 1.165) is 11.1 Å². The maximum Gasteiger partial charge on any atom is 0.300 e. The summed E-state index contributed by atoms with van der Waals surface area (Å²) in [6.45, 7) is 1.96. The Morgan fingerprint density at radius 1 is 0.897 bits per heavy atom. The van der Waals surface area contributed by atoms with Gasteiger partial charge in [-0.25, -0.2) is 0 Å². The summed E-state index contributed by atoms with van der Waals surface area (Å²) >= 11 is 5.94. The number of para-hydroxylation sites is 1. The molecule has 0 aliphatic carbocycles. The van der Waals surface area contributed by atoms with Crippen LogP contribution in [0.25, 0.3) is 5.76 Å². The zero-order valence-electron chi connectivity index (χ0n) is 15.7. The van der Waals surface area contributed by atoms with Crippen LogP contribution in [0.2, 0.25) is 5.02 Å². The first-order chi connectivity index (χ1) is 14.0. The van der Waals surface area contributed by atoms with Crippen molar-refractivity contribution >= 4 is 34.7 Å². The Kier molecular flexibility index (Phi) is 4.95. The lowest BCUT2D eigenvalue weighted by Gasteiger charge is -2.25. The highest BCUT2D eigenvalue weighted by atomic mass is 35.5. The van der Waals surface area contributed by atoms with Crippen LogP contribution in [-0.4, -0.2) is 16.8 Å². The average molecular weight is 404 g/mol. The fourth-order valence-corrected chi connectivity index (χ4v) is 3.64. The van der Waals surface area contributed by atoms with Gasteiger partial charge in [-0.15, -0.1) is 0 Å². The van der Waals surface area contributed by atoms with Crippen LogP contribution in [0.4, 0.5) is 5.69 Å². The third-order valence-corrected chi connectivity index (χ3v) is 5.24. The summed E-state index contributed by atoms with van der Waals surface area (Å²) in [7, 11) is 0. The third kappa shape index (κ3) is 3.43. The minimum Gasteiger partial charge on any atom is -0.507 e. The van der Waals surface area contributed by atoms with E-state index in [2.05, 4.69) is 0 Å². The maximum atomic E-state index is 13.0. The van der Waals surface area contributed by atoms with E-state index in [1.807, 2.05) is 37.3 Å².